The normalized spacial score (nSPS) is 15.8. The Balaban J connectivity index is 1.91. The van der Waals surface area contributed by atoms with Gasteiger partial charge in [0.15, 0.2) is 0 Å². The van der Waals surface area contributed by atoms with Gasteiger partial charge in [0, 0.05) is 13.1 Å². The minimum absolute atomic E-state index is 0.0478. The number of hydrogen-bond donors (Lipinski definition) is 2. The van der Waals surface area contributed by atoms with Crippen molar-refractivity contribution in [1.82, 2.24) is 4.31 Å². The maximum absolute atomic E-state index is 13.1. The van der Waals surface area contributed by atoms with E-state index in [0.29, 0.717) is 13.1 Å². The minimum atomic E-state index is -3.68. The highest BCUT2D eigenvalue weighted by molar-refractivity contribution is 7.89. The van der Waals surface area contributed by atoms with Crippen LogP contribution in [0.25, 0.3) is 0 Å². The smallest absolute Gasteiger partial charge is 0.243 e. The summed E-state index contributed by atoms with van der Waals surface area (Å²) in [6, 6.07) is 13.6. The second-order valence-corrected chi connectivity index (χ2v) is 8.96. The average Bonchev–Trinajstić information content (AvgIpc) is 2.64. The second kappa shape index (κ2) is 7.93. The van der Waals surface area contributed by atoms with Crippen molar-refractivity contribution in [3.05, 3.63) is 54.1 Å². The van der Waals surface area contributed by atoms with Crippen molar-refractivity contribution in [2.45, 2.75) is 43.4 Å². The molecule has 0 unspecified atom stereocenters. The highest BCUT2D eigenvalue weighted by Gasteiger charge is 2.45. The molecule has 1 fully saturated rings. The molecule has 150 valence electrons. The highest BCUT2D eigenvalue weighted by Crippen LogP contribution is 2.45. The zero-order valence-corrected chi connectivity index (χ0v) is 17.0. The fourth-order valence-corrected chi connectivity index (χ4v) is 5.15. The molecule has 0 atom stereocenters. The Bertz CT molecular complexity index is 950. The topological polar surface area (TPSA) is 86.7 Å². The SMILES string of the molecule is CCN(CC)S(=O)(=O)c1ccc(O)c(NC(=O)C2(c3ccccc3)CCC2)c1. The number of carbonyl (C=O) groups excluding carboxylic acids is 1. The maximum Gasteiger partial charge on any atom is 0.243 e. The van der Waals surface area contributed by atoms with Crippen LogP contribution in [0.5, 0.6) is 5.75 Å². The Morgan fingerprint density at radius 1 is 1.11 bits per heavy atom. The van der Waals surface area contributed by atoms with Gasteiger partial charge >= 0.3 is 0 Å². The van der Waals surface area contributed by atoms with Gasteiger partial charge in [-0.1, -0.05) is 50.6 Å². The summed E-state index contributed by atoms with van der Waals surface area (Å²) in [5, 5.41) is 13.0. The van der Waals surface area contributed by atoms with E-state index in [1.165, 1.54) is 22.5 Å². The van der Waals surface area contributed by atoms with Crippen LogP contribution < -0.4 is 5.32 Å². The Hall–Kier alpha value is -2.38. The predicted octanol–water partition coefficient (Wildman–Crippen LogP) is 3.48. The first-order valence-electron chi connectivity index (χ1n) is 9.55. The largest absolute Gasteiger partial charge is 0.506 e. The van der Waals surface area contributed by atoms with Gasteiger partial charge in [-0.2, -0.15) is 4.31 Å². The van der Waals surface area contributed by atoms with E-state index >= 15 is 0 Å². The van der Waals surface area contributed by atoms with Crippen LogP contribution in [0.15, 0.2) is 53.4 Å². The molecule has 6 nitrogen and oxygen atoms in total. The van der Waals surface area contributed by atoms with E-state index in [9.17, 15) is 18.3 Å². The molecule has 2 N–H and O–H groups in total. The number of phenols is 1. The van der Waals surface area contributed by atoms with E-state index in [1.807, 2.05) is 30.3 Å². The molecule has 0 aliphatic heterocycles. The quantitative estimate of drug-likeness (QED) is 0.694. The molecule has 2 aromatic rings. The third kappa shape index (κ3) is 3.52. The summed E-state index contributed by atoms with van der Waals surface area (Å²) in [5.74, 6) is -0.382. The average molecular weight is 403 g/mol. The van der Waals surface area contributed by atoms with Crippen molar-refractivity contribution in [3.8, 4) is 5.75 Å². The molecule has 1 aliphatic rings. The molecule has 3 rings (SSSR count). The number of carbonyl (C=O) groups is 1. The van der Waals surface area contributed by atoms with Gasteiger partial charge in [-0.25, -0.2) is 8.42 Å². The highest BCUT2D eigenvalue weighted by atomic mass is 32.2. The number of hydrogen-bond acceptors (Lipinski definition) is 4. The van der Waals surface area contributed by atoms with Crippen LogP contribution in [-0.2, 0) is 20.2 Å². The predicted molar refractivity (Wildman–Crippen MR) is 109 cm³/mol. The van der Waals surface area contributed by atoms with E-state index in [4.69, 9.17) is 0 Å². The molecule has 0 radical (unpaired) electrons. The first kappa shape index (κ1) is 20.4. The fraction of sp³-hybridized carbons (Fsp3) is 0.381. The molecule has 1 amide bonds. The van der Waals surface area contributed by atoms with Gasteiger partial charge in [0.2, 0.25) is 15.9 Å². The number of nitrogens with one attached hydrogen (secondary N) is 1. The number of nitrogens with zero attached hydrogens (tertiary/aromatic N) is 1. The first-order chi connectivity index (χ1) is 13.3. The summed E-state index contributed by atoms with van der Waals surface area (Å²) in [7, 11) is -3.68. The Morgan fingerprint density at radius 3 is 2.29 bits per heavy atom. The third-order valence-corrected chi connectivity index (χ3v) is 7.57. The van der Waals surface area contributed by atoms with Crippen LogP contribution in [0.1, 0.15) is 38.7 Å². The lowest BCUT2D eigenvalue weighted by Gasteiger charge is -2.40. The molecular formula is C21H26N2O4S. The van der Waals surface area contributed by atoms with Crippen LogP contribution in [0, 0.1) is 0 Å². The lowest BCUT2D eigenvalue weighted by atomic mass is 9.64. The van der Waals surface area contributed by atoms with Gasteiger partial charge in [0.05, 0.1) is 16.0 Å². The molecule has 1 saturated carbocycles. The summed E-state index contributed by atoms with van der Waals surface area (Å²) in [5.41, 5.74) is 0.409. The summed E-state index contributed by atoms with van der Waals surface area (Å²) in [6.45, 7) is 4.23. The van der Waals surface area contributed by atoms with Gasteiger partial charge in [-0.05, 0) is 36.6 Å². The zero-order chi connectivity index (χ0) is 20.4. The maximum atomic E-state index is 13.1. The van der Waals surface area contributed by atoms with Gasteiger partial charge < -0.3 is 10.4 Å². The monoisotopic (exact) mass is 402 g/mol. The molecule has 0 saturated heterocycles. The number of phenolic OH excluding ortho intramolecular Hbond substituents is 1. The van der Waals surface area contributed by atoms with Crippen molar-refractivity contribution in [3.63, 3.8) is 0 Å². The molecule has 0 aromatic heterocycles. The number of sulfonamides is 1. The van der Waals surface area contributed by atoms with Crippen LogP contribution in [0.2, 0.25) is 0 Å². The van der Waals surface area contributed by atoms with Gasteiger partial charge in [0.25, 0.3) is 0 Å². The van der Waals surface area contributed by atoms with E-state index in [0.717, 1.165) is 24.8 Å². The van der Waals surface area contributed by atoms with Crippen molar-refractivity contribution in [2.24, 2.45) is 0 Å². The van der Waals surface area contributed by atoms with Crippen LogP contribution >= 0.6 is 0 Å². The third-order valence-electron chi connectivity index (χ3n) is 5.53. The number of amides is 1. The Labute approximate surface area is 166 Å². The van der Waals surface area contributed by atoms with E-state index in [-0.39, 0.29) is 22.2 Å². The molecular weight excluding hydrogens is 376 g/mol. The lowest BCUT2D eigenvalue weighted by Crippen LogP contribution is -2.46. The van der Waals surface area contributed by atoms with E-state index in [2.05, 4.69) is 5.32 Å². The summed E-state index contributed by atoms with van der Waals surface area (Å²) >= 11 is 0. The fourth-order valence-electron chi connectivity index (χ4n) is 3.66. The number of aromatic hydroxyl groups is 1. The lowest BCUT2D eigenvalue weighted by molar-refractivity contribution is -0.124. The first-order valence-corrected chi connectivity index (χ1v) is 11.0. The van der Waals surface area contributed by atoms with Gasteiger partial charge in [-0.15, -0.1) is 0 Å². The van der Waals surface area contributed by atoms with Crippen LogP contribution in [0.3, 0.4) is 0 Å². The molecule has 28 heavy (non-hydrogen) atoms. The van der Waals surface area contributed by atoms with Gasteiger partial charge in [0.1, 0.15) is 5.75 Å². The summed E-state index contributed by atoms with van der Waals surface area (Å²) in [6.07, 6.45) is 2.40. The van der Waals surface area contributed by atoms with Crippen molar-refractivity contribution >= 4 is 21.6 Å². The number of anilines is 1. The molecule has 7 heteroatoms. The molecule has 0 bridgehead atoms. The summed E-state index contributed by atoms with van der Waals surface area (Å²) < 4.78 is 26.9. The van der Waals surface area contributed by atoms with Gasteiger partial charge in [-0.3, -0.25) is 4.79 Å². The molecule has 0 spiro atoms. The van der Waals surface area contributed by atoms with Crippen LogP contribution in [-0.4, -0.2) is 36.8 Å². The molecule has 1 aliphatic carbocycles. The number of rotatable bonds is 7. The number of benzene rings is 2. The standard InChI is InChI=1S/C21H26N2O4S/c1-3-23(4-2)28(26,27)17-11-12-19(24)18(15-17)22-20(25)21(13-8-14-21)16-9-6-5-7-10-16/h5-7,9-12,15,24H,3-4,8,13-14H2,1-2H3,(H,22,25). The Kier molecular flexibility index (Phi) is 5.76. The van der Waals surface area contributed by atoms with Crippen LogP contribution in [0.4, 0.5) is 5.69 Å². The van der Waals surface area contributed by atoms with Crippen molar-refractivity contribution < 1.29 is 18.3 Å². The van der Waals surface area contributed by atoms with E-state index in [1.54, 1.807) is 13.8 Å². The molecule has 0 heterocycles. The minimum Gasteiger partial charge on any atom is -0.506 e. The summed E-state index contributed by atoms with van der Waals surface area (Å²) in [4.78, 5) is 13.1. The second-order valence-electron chi connectivity index (χ2n) is 7.02. The molecule has 2 aromatic carbocycles. The Morgan fingerprint density at radius 2 is 1.75 bits per heavy atom. The van der Waals surface area contributed by atoms with E-state index < -0.39 is 15.4 Å². The zero-order valence-electron chi connectivity index (χ0n) is 16.2. The van der Waals surface area contributed by atoms with Crippen molar-refractivity contribution in [1.29, 1.82) is 0 Å². The van der Waals surface area contributed by atoms with Crippen molar-refractivity contribution in [2.75, 3.05) is 18.4 Å².